The van der Waals surface area contributed by atoms with Crippen molar-refractivity contribution in [2.24, 2.45) is 5.73 Å². The number of nitrogens with two attached hydrogens (primary N) is 1. The number of rotatable bonds is 3. The number of hydrogen-bond acceptors (Lipinski definition) is 3. The number of anilines is 1. The topological polar surface area (TPSA) is 67.6 Å². The van der Waals surface area contributed by atoms with Gasteiger partial charge in [0.1, 0.15) is 0 Å². The van der Waals surface area contributed by atoms with Crippen molar-refractivity contribution in [1.82, 2.24) is 4.90 Å². The zero-order chi connectivity index (χ0) is 13.7. The van der Waals surface area contributed by atoms with Gasteiger partial charge in [0.25, 0.3) is 0 Å². The lowest BCUT2D eigenvalue weighted by molar-refractivity contribution is 0.0458. The Morgan fingerprint density at radius 2 is 2.21 bits per heavy atom. The van der Waals surface area contributed by atoms with Crippen molar-refractivity contribution in [3.8, 4) is 0 Å². The van der Waals surface area contributed by atoms with Crippen LogP contribution in [0.1, 0.15) is 18.4 Å². The van der Waals surface area contributed by atoms with Gasteiger partial charge in [0.2, 0.25) is 0 Å². The van der Waals surface area contributed by atoms with E-state index < -0.39 is 0 Å². The van der Waals surface area contributed by atoms with Crippen LogP contribution in [0.3, 0.4) is 0 Å². The molecule has 3 N–H and O–H groups in total. The van der Waals surface area contributed by atoms with Crippen molar-refractivity contribution in [3.63, 3.8) is 0 Å². The second-order valence-corrected chi connectivity index (χ2v) is 4.78. The van der Waals surface area contributed by atoms with Crippen LogP contribution in [0.2, 0.25) is 0 Å². The smallest absolute Gasteiger partial charge is 0.321 e. The number of benzene rings is 1. The van der Waals surface area contributed by atoms with E-state index in [4.69, 9.17) is 10.5 Å². The lowest BCUT2D eigenvalue weighted by Gasteiger charge is -2.31. The van der Waals surface area contributed by atoms with E-state index >= 15 is 0 Å². The maximum absolute atomic E-state index is 12.1. The first-order valence-corrected chi connectivity index (χ1v) is 6.60. The quantitative estimate of drug-likeness (QED) is 0.873. The third-order valence-corrected chi connectivity index (χ3v) is 3.44. The maximum atomic E-state index is 12.1. The van der Waals surface area contributed by atoms with Crippen LogP contribution in [0.25, 0.3) is 0 Å². The van der Waals surface area contributed by atoms with Gasteiger partial charge >= 0.3 is 6.03 Å². The van der Waals surface area contributed by atoms with Crippen LogP contribution in [-0.2, 0) is 11.3 Å². The van der Waals surface area contributed by atoms with Crippen molar-refractivity contribution < 1.29 is 9.53 Å². The Bertz CT molecular complexity index is 419. The van der Waals surface area contributed by atoms with Gasteiger partial charge in [0, 0.05) is 32.4 Å². The fourth-order valence-electron chi connectivity index (χ4n) is 2.24. The summed E-state index contributed by atoms with van der Waals surface area (Å²) in [7, 11) is 1.69. The molecule has 0 spiro atoms. The highest BCUT2D eigenvalue weighted by Gasteiger charge is 2.23. The van der Waals surface area contributed by atoms with E-state index in [9.17, 15) is 4.79 Å². The van der Waals surface area contributed by atoms with E-state index in [0.717, 1.165) is 30.6 Å². The fraction of sp³-hybridized carbons (Fsp3) is 0.500. The van der Waals surface area contributed by atoms with Crippen LogP contribution in [-0.4, -0.2) is 37.2 Å². The van der Waals surface area contributed by atoms with E-state index in [-0.39, 0.29) is 12.1 Å². The molecule has 1 aliphatic heterocycles. The molecule has 0 radical (unpaired) electrons. The molecule has 1 unspecified atom stereocenters. The molecule has 0 aliphatic carbocycles. The summed E-state index contributed by atoms with van der Waals surface area (Å²) < 4.78 is 5.32. The molecule has 1 heterocycles. The highest BCUT2D eigenvalue weighted by Crippen LogP contribution is 2.15. The molecule has 0 bridgehead atoms. The molecular weight excluding hydrogens is 242 g/mol. The Morgan fingerprint density at radius 1 is 1.47 bits per heavy atom. The van der Waals surface area contributed by atoms with Gasteiger partial charge in [-0.2, -0.15) is 0 Å². The number of likely N-dealkylation sites (tertiary alicyclic amines) is 1. The van der Waals surface area contributed by atoms with Gasteiger partial charge in [-0.3, -0.25) is 0 Å². The zero-order valence-corrected chi connectivity index (χ0v) is 11.3. The summed E-state index contributed by atoms with van der Waals surface area (Å²) in [6, 6.07) is 7.52. The largest absolute Gasteiger partial charge is 0.380 e. The third-order valence-electron chi connectivity index (χ3n) is 3.44. The van der Waals surface area contributed by atoms with Gasteiger partial charge < -0.3 is 20.7 Å². The first-order valence-electron chi connectivity index (χ1n) is 6.60. The van der Waals surface area contributed by atoms with Crippen molar-refractivity contribution in [3.05, 3.63) is 29.8 Å². The molecule has 1 fully saturated rings. The van der Waals surface area contributed by atoms with Crippen LogP contribution >= 0.6 is 0 Å². The lowest BCUT2D eigenvalue weighted by atomic mass is 10.1. The summed E-state index contributed by atoms with van der Waals surface area (Å²) in [5, 5.41) is 2.90. The number of nitrogens with one attached hydrogen (secondary N) is 1. The minimum atomic E-state index is -0.0674. The predicted octanol–water partition coefficient (Wildman–Crippen LogP) is 1.79. The number of amides is 2. The predicted molar refractivity (Wildman–Crippen MR) is 75.0 cm³/mol. The first kappa shape index (κ1) is 13.8. The summed E-state index contributed by atoms with van der Waals surface area (Å²) >= 11 is 0. The highest BCUT2D eigenvalue weighted by molar-refractivity contribution is 5.89. The number of carbonyl (C=O) groups is 1. The molecule has 1 aromatic rings. The fourth-order valence-corrected chi connectivity index (χ4v) is 2.24. The van der Waals surface area contributed by atoms with Crippen LogP contribution in [0.5, 0.6) is 0 Å². The van der Waals surface area contributed by atoms with Gasteiger partial charge in [-0.15, -0.1) is 0 Å². The SMILES string of the molecule is COC1CCCN(C(=O)Nc2ccc(CN)cc2)C1. The molecule has 1 aromatic carbocycles. The molecule has 5 heteroatoms. The molecule has 1 atom stereocenters. The summed E-state index contributed by atoms with van der Waals surface area (Å²) in [5.41, 5.74) is 7.38. The van der Waals surface area contributed by atoms with Gasteiger partial charge in [-0.25, -0.2) is 4.79 Å². The Kier molecular flexibility index (Phi) is 4.76. The second kappa shape index (κ2) is 6.54. The number of hydrogen-bond donors (Lipinski definition) is 2. The van der Waals surface area contributed by atoms with Gasteiger partial charge in [0.05, 0.1) is 6.10 Å². The average Bonchev–Trinajstić information content (AvgIpc) is 2.48. The number of urea groups is 1. The molecule has 2 amide bonds. The van der Waals surface area contributed by atoms with Crippen LogP contribution in [0.4, 0.5) is 10.5 Å². The van der Waals surface area contributed by atoms with Gasteiger partial charge in [-0.05, 0) is 30.5 Å². The molecule has 2 rings (SSSR count). The Labute approximate surface area is 113 Å². The number of piperidine rings is 1. The van der Waals surface area contributed by atoms with Crippen LogP contribution in [0.15, 0.2) is 24.3 Å². The number of ether oxygens (including phenoxy) is 1. The van der Waals surface area contributed by atoms with Crippen LogP contribution in [0, 0.1) is 0 Å². The van der Waals surface area contributed by atoms with Gasteiger partial charge in [-0.1, -0.05) is 12.1 Å². The minimum Gasteiger partial charge on any atom is -0.380 e. The molecule has 0 saturated carbocycles. The second-order valence-electron chi connectivity index (χ2n) is 4.78. The van der Waals surface area contributed by atoms with Crippen molar-refractivity contribution in [2.75, 3.05) is 25.5 Å². The van der Waals surface area contributed by atoms with Crippen molar-refractivity contribution in [1.29, 1.82) is 0 Å². The number of nitrogens with zero attached hydrogens (tertiary/aromatic N) is 1. The first-order chi connectivity index (χ1) is 9.22. The molecule has 5 nitrogen and oxygen atoms in total. The minimum absolute atomic E-state index is 0.0674. The standard InChI is InChI=1S/C14H21N3O2/c1-19-13-3-2-8-17(10-13)14(18)16-12-6-4-11(9-15)5-7-12/h4-7,13H,2-3,8-10,15H2,1H3,(H,16,18). The number of methoxy groups -OCH3 is 1. The van der Waals surface area contributed by atoms with E-state index in [1.54, 1.807) is 12.0 Å². The Balaban J connectivity index is 1.92. The lowest BCUT2D eigenvalue weighted by Crippen LogP contribution is -2.44. The monoisotopic (exact) mass is 263 g/mol. The summed E-state index contributed by atoms with van der Waals surface area (Å²) in [4.78, 5) is 13.9. The molecule has 19 heavy (non-hydrogen) atoms. The normalized spacial score (nSPS) is 19.3. The number of carbonyl (C=O) groups excluding carboxylic acids is 1. The molecule has 104 valence electrons. The zero-order valence-electron chi connectivity index (χ0n) is 11.3. The van der Waals surface area contributed by atoms with E-state index in [1.807, 2.05) is 24.3 Å². The van der Waals surface area contributed by atoms with Crippen LogP contribution < -0.4 is 11.1 Å². The summed E-state index contributed by atoms with van der Waals surface area (Å²) in [5.74, 6) is 0. The average molecular weight is 263 g/mol. The Hall–Kier alpha value is -1.59. The van der Waals surface area contributed by atoms with Gasteiger partial charge in [0.15, 0.2) is 0 Å². The Morgan fingerprint density at radius 3 is 2.84 bits per heavy atom. The van der Waals surface area contributed by atoms with E-state index in [1.165, 1.54) is 0 Å². The van der Waals surface area contributed by atoms with Crippen molar-refractivity contribution in [2.45, 2.75) is 25.5 Å². The molecule has 1 saturated heterocycles. The molecule has 0 aromatic heterocycles. The highest BCUT2D eigenvalue weighted by atomic mass is 16.5. The molecular formula is C14H21N3O2. The molecule has 1 aliphatic rings. The van der Waals surface area contributed by atoms with E-state index in [0.29, 0.717) is 13.1 Å². The van der Waals surface area contributed by atoms with Crippen molar-refractivity contribution >= 4 is 11.7 Å². The summed E-state index contributed by atoms with van der Waals surface area (Å²) in [6.07, 6.45) is 2.16. The van der Waals surface area contributed by atoms with E-state index in [2.05, 4.69) is 5.32 Å². The third kappa shape index (κ3) is 3.68. The summed E-state index contributed by atoms with van der Waals surface area (Å²) in [6.45, 7) is 1.95. The maximum Gasteiger partial charge on any atom is 0.321 e.